The number of esters is 1. The number of carbonyl (C=O) groups excluding carboxylic acids is 4. The van der Waals surface area contributed by atoms with E-state index < -0.39 is 30.3 Å². The Hall–Kier alpha value is -3.10. The van der Waals surface area contributed by atoms with Gasteiger partial charge in [-0.2, -0.15) is 0 Å². The summed E-state index contributed by atoms with van der Waals surface area (Å²) in [6.45, 7) is -0.505. The molecule has 2 fully saturated rings. The van der Waals surface area contributed by atoms with Gasteiger partial charge in [0.1, 0.15) is 5.75 Å². The number of ether oxygens (including phenoxy) is 2. The van der Waals surface area contributed by atoms with Gasteiger partial charge < -0.3 is 14.8 Å². The fourth-order valence-electron chi connectivity index (χ4n) is 4.21. The second kappa shape index (κ2) is 10.0. The zero-order valence-electron chi connectivity index (χ0n) is 18.2. The van der Waals surface area contributed by atoms with Crippen molar-refractivity contribution in [2.45, 2.75) is 23.6 Å². The zero-order valence-corrected chi connectivity index (χ0v) is 19.7. The molecular weight excluding hydrogens is 483 g/mol. The number of benzene rings is 2. The third-order valence-corrected chi connectivity index (χ3v) is 7.05. The molecule has 0 unspecified atom stereocenters. The van der Waals surface area contributed by atoms with Gasteiger partial charge in [-0.3, -0.25) is 19.3 Å². The highest BCUT2D eigenvalue weighted by atomic mass is 35.5. The molecule has 178 valence electrons. The van der Waals surface area contributed by atoms with Crippen LogP contribution in [0.4, 0.5) is 11.4 Å². The van der Waals surface area contributed by atoms with E-state index in [0.717, 1.165) is 4.90 Å². The van der Waals surface area contributed by atoms with Crippen molar-refractivity contribution < 1.29 is 28.7 Å². The van der Waals surface area contributed by atoms with Gasteiger partial charge in [0.2, 0.25) is 11.8 Å². The van der Waals surface area contributed by atoms with E-state index in [1.165, 1.54) is 19.2 Å². The van der Waals surface area contributed by atoms with Crippen molar-refractivity contribution in [3.8, 4) is 5.75 Å². The van der Waals surface area contributed by atoms with Crippen LogP contribution in [-0.4, -0.2) is 48.2 Å². The Labute approximate surface area is 206 Å². The number of anilines is 2. The van der Waals surface area contributed by atoms with E-state index in [-0.39, 0.29) is 33.8 Å². The lowest BCUT2D eigenvalue weighted by molar-refractivity contribution is -0.122. The molecule has 10 heteroatoms. The Bertz CT molecular complexity index is 1090. The summed E-state index contributed by atoms with van der Waals surface area (Å²) < 4.78 is 10.2. The van der Waals surface area contributed by atoms with E-state index in [0.29, 0.717) is 24.3 Å². The van der Waals surface area contributed by atoms with E-state index in [1.54, 1.807) is 36.4 Å². The Balaban J connectivity index is 1.40. The van der Waals surface area contributed by atoms with Gasteiger partial charge in [-0.05, 0) is 55.3 Å². The first-order chi connectivity index (χ1) is 16.3. The quantitative estimate of drug-likeness (QED) is 0.366. The minimum Gasteiger partial charge on any atom is -0.497 e. The van der Waals surface area contributed by atoms with Crippen LogP contribution in [0.25, 0.3) is 0 Å². The maximum atomic E-state index is 12.9. The summed E-state index contributed by atoms with van der Waals surface area (Å²) in [5.41, 5.74) is 0.893. The largest absolute Gasteiger partial charge is 0.497 e. The van der Waals surface area contributed by atoms with Crippen LogP contribution in [0.15, 0.2) is 48.5 Å². The topological polar surface area (TPSA) is 102 Å². The average molecular weight is 505 g/mol. The molecule has 1 saturated carbocycles. The Morgan fingerprint density at radius 2 is 1.62 bits per heavy atom. The lowest BCUT2D eigenvalue weighted by Gasteiger charge is -2.28. The first kappa shape index (κ1) is 24.0. The monoisotopic (exact) mass is 504 g/mol. The summed E-state index contributed by atoms with van der Waals surface area (Å²) in [6.07, 6.45) is 0.652. The first-order valence-electron chi connectivity index (χ1n) is 10.7. The van der Waals surface area contributed by atoms with Crippen molar-refractivity contribution in [2.75, 3.05) is 23.9 Å². The number of nitrogens with zero attached hydrogens (tertiary/aromatic N) is 1. The Morgan fingerprint density at radius 1 is 1.00 bits per heavy atom. The van der Waals surface area contributed by atoms with Crippen LogP contribution in [0.3, 0.4) is 0 Å². The highest BCUT2D eigenvalue weighted by molar-refractivity contribution is 6.31. The van der Waals surface area contributed by atoms with Crippen LogP contribution < -0.4 is 15.0 Å². The second-order valence-corrected chi connectivity index (χ2v) is 9.25. The third-order valence-electron chi connectivity index (χ3n) is 5.96. The van der Waals surface area contributed by atoms with E-state index in [2.05, 4.69) is 5.32 Å². The van der Waals surface area contributed by atoms with Gasteiger partial charge in [0.25, 0.3) is 5.91 Å². The highest BCUT2D eigenvalue weighted by Gasteiger charge is 2.52. The van der Waals surface area contributed by atoms with E-state index >= 15 is 0 Å². The van der Waals surface area contributed by atoms with Crippen molar-refractivity contribution in [3.63, 3.8) is 0 Å². The van der Waals surface area contributed by atoms with E-state index in [9.17, 15) is 19.2 Å². The van der Waals surface area contributed by atoms with Crippen LogP contribution in [0.1, 0.15) is 23.2 Å². The maximum Gasteiger partial charge on any atom is 0.338 e. The molecule has 0 radical (unpaired) electrons. The van der Waals surface area contributed by atoms with Crippen LogP contribution in [0.2, 0.25) is 0 Å². The fraction of sp³-hybridized carbons (Fsp3) is 0.333. The van der Waals surface area contributed by atoms with Crippen LogP contribution in [0, 0.1) is 11.8 Å². The Kier molecular flexibility index (Phi) is 7.09. The minimum atomic E-state index is -0.759. The van der Waals surface area contributed by atoms with Crippen molar-refractivity contribution in [3.05, 3.63) is 54.1 Å². The van der Waals surface area contributed by atoms with Gasteiger partial charge >= 0.3 is 5.97 Å². The number of fused-ring (bicyclic) bond motifs is 1. The number of carbonyl (C=O) groups is 4. The molecule has 8 nitrogen and oxygen atoms in total. The number of amides is 3. The van der Waals surface area contributed by atoms with Crippen molar-refractivity contribution in [1.29, 1.82) is 0 Å². The van der Waals surface area contributed by atoms with Crippen LogP contribution in [-0.2, 0) is 19.1 Å². The zero-order chi connectivity index (χ0) is 24.4. The normalized spacial score (nSPS) is 23.9. The third kappa shape index (κ3) is 4.88. The molecule has 4 rings (SSSR count). The van der Waals surface area contributed by atoms with Crippen molar-refractivity contribution >= 4 is 58.3 Å². The van der Waals surface area contributed by atoms with Gasteiger partial charge in [-0.15, -0.1) is 23.2 Å². The summed E-state index contributed by atoms with van der Waals surface area (Å²) in [5.74, 6) is -2.39. The van der Waals surface area contributed by atoms with E-state index in [4.69, 9.17) is 32.7 Å². The average Bonchev–Trinajstić information content (AvgIpc) is 3.07. The number of alkyl halides is 2. The number of methoxy groups -OCH3 is 1. The second-order valence-electron chi connectivity index (χ2n) is 8.13. The van der Waals surface area contributed by atoms with Crippen molar-refractivity contribution in [1.82, 2.24) is 0 Å². The van der Waals surface area contributed by atoms with Gasteiger partial charge in [-0.1, -0.05) is 6.07 Å². The smallest absolute Gasteiger partial charge is 0.338 e. The minimum absolute atomic E-state index is 0.107. The lowest BCUT2D eigenvalue weighted by Crippen LogP contribution is -2.34. The summed E-state index contributed by atoms with van der Waals surface area (Å²) >= 11 is 12.4. The molecule has 0 spiro atoms. The van der Waals surface area contributed by atoms with E-state index in [1.807, 2.05) is 0 Å². The summed E-state index contributed by atoms with van der Waals surface area (Å²) in [7, 11) is 1.54. The number of imide groups is 1. The van der Waals surface area contributed by atoms with Gasteiger partial charge in [0.05, 0.1) is 41.0 Å². The predicted octanol–water partition coefficient (Wildman–Crippen LogP) is 3.60. The Morgan fingerprint density at radius 3 is 2.21 bits per heavy atom. The lowest BCUT2D eigenvalue weighted by atomic mass is 9.80. The summed E-state index contributed by atoms with van der Waals surface area (Å²) in [5, 5.41) is 1.84. The summed E-state index contributed by atoms with van der Waals surface area (Å²) in [4.78, 5) is 51.6. The molecule has 1 aliphatic heterocycles. The predicted molar refractivity (Wildman–Crippen MR) is 126 cm³/mol. The molecule has 2 aromatic rings. The molecule has 2 aromatic carbocycles. The number of hydrogen-bond acceptors (Lipinski definition) is 6. The molecule has 0 aromatic heterocycles. The highest BCUT2D eigenvalue weighted by Crippen LogP contribution is 2.43. The van der Waals surface area contributed by atoms with Crippen molar-refractivity contribution in [2.24, 2.45) is 11.8 Å². The first-order valence-corrected chi connectivity index (χ1v) is 11.5. The number of hydrogen-bond donors (Lipinski definition) is 1. The fourth-order valence-corrected chi connectivity index (χ4v) is 4.80. The molecule has 1 N–H and O–H groups in total. The number of nitrogens with one attached hydrogen (secondary N) is 1. The van der Waals surface area contributed by atoms with Gasteiger partial charge in [0.15, 0.2) is 6.61 Å². The van der Waals surface area contributed by atoms with Gasteiger partial charge in [0, 0.05) is 5.69 Å². The summed E-state index contributed by atoms with van der Waals surface area (Å²) in [6, 6.07) is 12.7. The molecular formula is C24H22Cl2N2O6. The van der Waals surface area contributed by atoms with Crippen LogP contribution in [0.5, 0.6) is 5.75 Å². The molecule has 1 saturated heterocycles. The number of halogens is 2. The maximum absolute atomic E-state index is 12.9. The molecule has 4 atom stereocenters. The molecule has 1 aliphatic carbocycles. The molecule has 1 heterocycles. The van der Waals surface area contributed by atoms with Gasteiger partial charge in [-0.25, -0.2) is 4.79 Å². The molecule has 0 bridgehead atoms. The number of rotatable bonds is 6. The molecule has 3 amide bonds. The molecule has 34 heavy (non-hydrogen) atoms. The molecule has 2 aliphatic rings. The SMILES string of the molecule is COc1ccc(NC(=O)COC(=O)c2cccc(N3C(=O)[C@H]4C[C@H](Cl)[C@@H](Cl)C[C@H]4C3=O)c2)cc1. The van der Waals surface area contributed by atoms with Crippen LogP contribution >= 0.6 is 23.2 Å². The standard InChI is InChI=1S/C24H22Cl2N2O6/c1-33-16-7-5-14(6-8-16)27-21(29)12-34-24(32)13-3-2-4-15(9-13)28-22(30)17-10-19(25)20(26)11-18(17)23(28)31/h2-9,17-20H,10-12H2,1H3,(H,27,29)/t17-,18+,19-,20-/m0/s1.